The molecule has 0 aliphatic rings. The molecule has 0 saturated heterocycles. The molecule has 0 aromatic rings. The number of Topliss-reactive ketones (excluding diaryl/α,β-unsaturated/α-hetero) is 1. The Morgan fingerprint density at radius 1 is 1.28 bits per heavy atom. The van der Waals surface area contributed by atoms with E-state index in [1.165, 1.54) is 6.92 Å². The van der Waals surface area contributed by atoms with Gasteiger partial charge >= 0.3 is 5.97 Å². The molecular weight excluding hydrogens is 242 g/mol. The van der Waals surface area contributed by atoms with Crippen LogP contribution in [0.3, 0.4) is 0 Å². The lowest BCUT2D eigenvalue weighted by atomic mass is 10.2. The quantitative estimate of drug-likeness (QED) is 0.437. The molecule has 0 rings (SSSR count). The topological polar surface area (TPSA) is 119 Å². The Morgan fingerprint density at radius 3 is 2.28 bits per heavy atom. The first-order valence-electron chi connectivity index (χ1n) is 5.69. The molecule has 0 amide bonds. The molecule has 0 aliphatic carbocycles. The van der Waals surface area contributed by atoms with Crippen LogP contribution in [-0.4, -0.2) is 60.0 Å². The molecule has 2 atom stereocenters. The minimum Gasteiger partial charge on any atom is -0.463 e. The second kappa shape index (κ2) is 8.98. The summed E-state index contributed by atoms with van der Waals surface area (Å²) in [4.78, 5) is 22.1. The largest absolute Gasteiger partial charge is 0.463 e. The molecule has 106 valence electrons. The summed E-state index contributed by atoms with van der Waals surface area (Å²) in [5.74, 6) is -0.804. The number of carbonyl (C=O) groups is 2. The Bertz CT molecular complexity index is 266. The average Bonchev–Trinajstić information content (AvgIpc) is 2.32. The Labute approximate surface area is 106 Å². The van der Waals surface area contributed by atoms with Crippen molar-refractivity contribution in [3.8, 4) is 0 Å². The molecule has 7 nitrogen and oxygen atoms in total. The molecule has 0 bridgehead atoms. The van der Waals surface area contributed by atoms with Crippen molar-refractivity contribution in [2.45, 2.75) is 38.5 Å². The Morgan fingerprint density at radius 2 is 1.83 bits per heavy atom. The molecule has 0 saturated carbocycles. The smallest absolute Gasteiger partial charge is 0.308 e. The van der Waals surface area contributed by atoms with Gasteiger partial charge in [0.15, 0.2) is 0 Å². The van der Waals surface area contributed by atoms with E-state index in [0.29, 0.717) is 0 Å². The Kier molecular flexibility index (Phi) is 8.47. The number of hydrogen-bond donors (Lipinski definition) is 3. The fourth-order valence-corrected chi connectivity index (χ4v) is 1.11. The van der Waals surface area contributed by atoms with E-state index >= 15 is 0 Å². The van der Waals surface area contributed by atoms with E-state index in [9.17, 15) is 9.59 Å². The molecule has 0 aromatic heterocycles. The van der Waals surface area contributed by atoms with Crippen LogP contribution in [0.4, 0.5) is 0 Å². The van der Waals surface area contributed by atoms with E-state index in [2.05, 4.69) is 0 Å². The lowest BCUT2D eigenvalue weighted by molar-refractivity contribution is -0.149. The van der Waals surface area contributed by atoms with Gasteiger partial charge in [-0.3, -0.25) is 9.59 Å². The predicted molar refractivity (Wildman–Crippen MR) is 62.7 cm³/mol. The summed E-state index contributed by atoms with van der Waals surface area (Å²) in [6.45, 7) is 2.11. The summed E-state index contributed by atoms with van der Waals surface area (Å²) in [5.41, 5.74) is 5.40. The van der Waals surface area contributed by atoms with Crippen molar-refractivity contribution in [2.24, 2.45) is 5.73 Å². The first-order valence-corrected chi connectivity index (χ1v) is 5.69. The van der Waals surface area contributed by atoms with Gasteiger partial charge in [0, 0.05) is 0 Å². The van der Waals surface area contributed by atoms with Crippen molar-refractivity contribution in [3.05, 3.63) is 0 Å². The van der Waals surface area contributed by atoms with E-state index < -0.39 is 24.2 Å². The van der Waals surface area contributed by atoms with Gasteiger partial charge in [0.2, 0.25) is 0 Å². The molecular formula is C11H21NO6. The van der Waals surface area contributed by atoms with Crippen LogP contribution in [0.15, 0.2) is 0 Å². The zero-order valence-corrected chi connectivity index (χ0v) is 10.7. The third-order valence-corrected chi connectivity index (χ3v) is 2.23. The summed E-state index contributed by atoms with van der Waals surface area (Å²) in [7, 11) is 0. The van der Waals surface area contributed by atoms with Crippen LogP contribution in [0.25, 0.3) is 0 Å². The number of aliphatic hydroxyl groups excluding tert-OH is 2. The third kappa shape index (κ3) is 7.33. The van der Waals surface area contributed by atoms with Gasteiger partial charge in [-0.2, -0.15) is 0 Å². The second-order valence-corrected chi connectivity index (χ2v) is 4.04. The van der Waals surface area contributed by atoms with Crippen LogP contribution >= 0.6 is 0 Å². The molecule has 7 heteroatoms. The summed E-state index contributed by atoms with van der Waals surface area (Å²) >= 11 is 0. The minimum atomic E-state index is -0.812. The zero-order chi connectivity index (χ0) is 14.1. The fourth-order valence-electron chi connectivity index (χ4n) is 1.11. The van der Waals surface area contributed by atoms with Gasteiger partial charge in [0.25, 0.3) is 0 Å². The summed E-state index contributed by atoms with van der Waals surface area (Å²) < 4.78 is 9.97. The SMILES string of the molecule is CC(=O)[C@@H](N)COC(=O)CC(C)OC(CO)CO. The number of ether oxygens (including phenoxy) is 2. The van der Waals surface area contributed by atoms with Crippen LogP contribution in [0.2, 0.25) is 0 Å². The van der Waals surface area contributed by atoms with Crippen molar-refractivity contribution in [1.82, 2.24) is 0 Å². The number of ketones is 1. The van der Waals surface area contributed by atoms with Gasteiger partial charge in [-0.15, -0.1) is 0 Å². The molecule has 0 aliphatic heterocycles. The van der Waals surface area contributed by atoms with E-state index in [4.69, 9.17) is 25.4 Å². The van der Waals surface area contributed by atoms with Gasteiger partial charge in [0.1, 0.15) is 18.5 Å². The van der Waals surface area contributed by atoms with E-state index in [1.54, 1.807) is 6.92 Å². The molecule has 4 N–H and O–H groups in total. The van der Waals surface area contributed by atoms with Gasteiger partial charge in [0.05, 0.1) is 31.8 Å². The van der Waals surface area contributed by atoms with Gasteiger partial charge < -0.3 is 25.4 Å². The molecule has 0 heterocycles. The van der Waals surface area contributed by atoms with Crippen LogP contribution in [0.5, 0.6) is 0 Å². The first kappa shape index (κ1) is 17.0. The zero-order valence-electron chi connectivity index (χ0n) is 10.7. The van der Waals surface area contributed by atoms with E-state index in [1.807, 2.05) is 0 Å². The van der Waals surface area contributed by atoms with Crippen LogP contribution in [0.1, 0.15) is 20.3 Å². The molecule has 18 heavy (non-hydrogen) atoms. The third-order valence-electron chi connectivity index (χ3n) is 2.23. The highest BCUT2D eigenvalue weighted by atomic mass is 16.5. The molecule has 1 unspecified atom stereocenters. The highest BCUT2D eigenvalue weighted by molar-refractivity contribution is 5.81. The Balaban J connectivity index is 3.90. The van der Waals surface area contributed by atoms with Crippen molar-refractivity contribution < 1.29 is 29.3 Å². The van der Waals surface area contributed by atoms with Crippen molar-refractivity contribution in [2.75, 3.05) is 19.8 Å². The highest BCUT2D eigenvalue weighted by Gasteiger charge is 2.17. The van der Waals surface area contributed by atoms with Gasteiger partial charge in [-0.25, -0.2) is 0 Å². The molecule has 0 radical (unpaired) electrons. The number of esters is 1. The van der Waals surface area contributed by atoms with Crippen molar-refractivity contribution in [3.63, 3.8) is 0 Å². The summed E-state index contributed by atoms with van der Waals surface area (Å²) in [5, 5.41) is 17.6. The maximum Gasteiger partial charge on any atom is 0.308 e. The number of carbonyl (C=O) groups excluding carboxylic acids is 2. The van der Waals surface area contributed by atoms with Crippen molar-refractivity contribution >= 4 is 11.8 Å². The molecule has 0 spiro atoms. The fraction of sp³-hybridized carbons (Fsp3) is 0.818. The molecule has 0 aromatic carbocycles. The number of hydrogen-bond acceptors (Lipinski definition) is 7. The normalized spacial score (nSPS) is 14.3. The number of rotatable bonds is 9. The van der Waals surface area contributed by atoms with Crippen LogP contribution in [-0.2, 0) is 19.1 Å². The van der Waals surface area contributed by atoms with Gasteiger partial charge in [-0.05, 0) is 13.8 Å². The minimum absolute atomic E-state index is 0.0406. The summed E-state index contributed by atoms with van der Waals surface area (Å²) in [6.07, 6.45) is -1.26. The van der Waals surface area contributed by atoms with Gasteiger partial charge in [-0.1, -0.05) is 0 Å². The first-order chi connectivity index (χ1) is 8.40. The maximum absolute atomic E-state index is 11.3. The number of aliphatic hydroxyl groups is 2. The number of nitrogens with two attached hydrogens (primary N) is 1. The van der Waals surface area contributed by atoms with Crippen LogP contribution < -0.4 is 5.73 Å². The standard InChI is InChI=1S/C11H21NO6/c1-7(18-9(4-13)5-14)3-11(16)17-6-10(12)8(2)15/h7,9-10,13-14H,3-6,12H2,1-2H3/t7?,10-/m0/s1. The van der Waals surface area contributed by atoms with Crippen LogP contribution in [0, 0.1) is 0 Å². The highest BCUT2D eigenvalue weighted by Crippen LogP contribution is 2.04. The maximum atomic E-state index is 11.3. The monoisotopic (exact) mass is 263 g/mol. The lowest BCUT2D eigenvalue weighted by Crippen LogP contribution is -2.35. The predicted octanol–water partition coefficient (Wildman–Crippen LogP) is -1.41. The second-order valence-electron chi connectivity index (χ2n) is 4.04. The average molecular weight is 263 g/mol. The summed E-state index contributed by atoms with van der Waals surface area (Å²) in [6, 6.07) is -0.812. The lowest BCUT2D eigenvalue weighted by Gasteiger charge is -2.18. The van der Waals surface area contributed by atoms with E-state index in [0.717, 1.165) is 0 Å². The van der Waals surface area contributed by atoms with E-state index in [-0.39, 0.29) is 32.0 Å². The molecule has 0 fully saturated rings. The Hall–Kier alpha value is -1.02. The van der Waals surface area contributed by atoms with Crippen molar-refractivity contribution in [1.29, 1.82) is 0 Å².